The smallest absolute Gasteiger partial charge is 0.244 e. The molecule has 2 aromatic rings. The number of nitrogens with zero attached hydrogens (tertiary/aromatic N) is 3. The van der Waals surface area contributed by atoms with Crippen LogP contribution in [0.2, 0.25) is 0 Å². The number of nitrogens with one attached hydrogen (secondary N) is 1. The molecule has 66 valence electrons. The first-order valence-corrected chi connectivity index (χ1v) is 4.62. The van der Waals surface area contributed by atoms with E-state index in [-0.39, 0.29) is 0 Å². The van der Waals surface area contributed by atoms with Crippen LogP contribution in [-0.2, 0) is 0 Å². The van der Waals surface area contributed by atoms with Crippen molar-refractivity contribution in [1.82, 2.24) is 15.2 Å². The summed E-state index contributed by atoms with van der Waals surface area (Å²) in [5.41, 5.74) is 0. The molecule has 0 aliphatic heterocycles. The van der Waals surface area contributed by atoms with Crippen LogP contribution in [0.4, 0.5) is 5.95 Å². The molecule has 4 nitrogen and oxygen atoms in total. The van der Waals surface area contributed by atoms with Gasteiger partial charge < -0.3 is 0 Å². The first-order chi connectivity index (χ1) is 6.34. The topological polar surface area (TPSA) is 53.9 Å². The first-order valence-electron chi connectivity index (χ1n) is 3.80. The lowest BCUT2D eigenvalue weighted by molar-refractivity contribution is 1.08. The molecule has 0 unspecified atom stereocenters. The van der Waals surface area contributed by atoms with Crippen molar-refractivity contribution in [3.05, 3.63) is 28.2 Å². The molecule has 2 rings (SSSR count). The van der Waals surface area contributed by atoms with E-state index in [2.05, 4.69) is 33.2 Å². The molecule has 13 heavy (non-hydrogen) atoms. The quantitative estimate of drug-likeness (QED) is 0.739. The van der Waals surface area contributed by atoms with Crippen molar-refractivity contribution in [1.29, 1.82) is 0 Å². The Morgan fingerprint density at radius 2 is 2.46 bits per heavy atom. The minimum Gasteiger partial charge on any atom is -0.244 e. The number of H-pyrrole nitrogens is 1. The highest BCUT2D eigenvalue weighted by Crippen LogP contribution is 2.13. The molecule has 2 aromatic heterocycles. The lowest BCUT2D eigenvalue weighted by Crippen LogP contribution is -1.72. The van der Waals surface area contributed by atoms with Gasteiger partial charge in [0.25, 0.3) is 0 Å². The SMILES string of the molecule is Cc1ccc(/C=N/c2ncn[nH]2)s1. The summed E-state index contributed by atoms with van der Waals surface area (Å²) in [5.74, 6) is 0.533. The van der Waals surface area contributed by atoms with Crippen molar-refractivity contribution in [2.75, 3.05) is 0 Å². The second-order valence-electron chi connectivity index (χ2n) is 2.52. The molecule has 0 saturated heterocycles. The molecule has 0 radical (unpaired) electrons. The van der Waals surface area contributed by atoms with Crippen LogP contribution in [0, 0.1) is 6.92 Å². The maximum atomic E-state index is 4.11. The Balaban J connectivity index is 2.14. The molecule has 0 aliphatic carbocycles. The minimum absolute atomic E-state index is 0.533. The van der Waals surface area contributed by atoms with Crippen LogP contribution in [0.5, 0.6) is 0 Å². The number of aromatic amines is 1. The molecule has 2 heterocycles. The molecule has 0 saturated carbocycles. The fourth-order valence-corrected chi connectivity index (χ4v) is 1.66. The average molecular weight is 192 g/mol. The Kier molecular flexibility index (Phi) is 2.18. The van der Waals surface area contributed by atoms with Gasteiger partial charge in [0.1, 0.15) is 6.33 Å². The monoisotopic (exact) mass is 192 g/mol. The fourth-order valence-electron chi connectivity index (χ4n) is 0.909. The zero-order chi connectivity index (χ0) is 9.10. The lowest BCUT2D eigenvalue weighted by Gasteiger charge is -1.82. The number of aromatic nitrogens is 3. The predicted octanol–water partition coefficient (Wildman–Crippen LogP) is 1.93. The summed E-state index contributed by atoms with van der Waals surface area (Å²) in [6, 6.07) is 4.09. The highest BCUT2D eigenvalue weighted by atomic mass is 32.1. The third-order valence-electron chi connectivity index (χ3n) is 1.48. The van der Waals surface area contributed by atoms with Crippen molar-refractivity contribution in [3.63, 3.8) is 0 Å². The van der Waals surface area contributed by atoms with Gasteiger partial charge in [0.15, 0.2) is 0 Å². The molecule has 0 spiro atoms. The van der Waals surface area contributed by atoms with Gasteiger partial charge in [-0.2, -0.15) is 10.1 Å². The van der Waals surface area contributed by atoms with Gasteiger partial charge in [-0.1, -0.05) is 0 Å². The summed E-state index contributed by atoms with van der Waals surface area (Å²) < 4.78 is 0. The van der Waals surface area contributed by atoms with E-state index in [0.29, 0.717) is 5.95 Å². The van der Waals surface area contributed by atoms with Crippen LogP contribution < -0.4 is 0 Å². The van der Waals surface area contributed by atoms with Crippen molar-refractivity contribution in [2.24, 2.45) is 4.99 Å². The van der Waals surface area contributed by atoms with Gasteiger partial charge in [0.2, 0.25) is 5.95 Å². The largest absolute Gasteiger partial charge is 0.245 e. The second kappa shape index (κ2) is 3.49. The maximum Gasteiger partial charge on any atom is 0.245 e. The van der Waals surface area contributed by atoms with Gasteiger partial charge in [0.05, 0.1) is 0 Å². The zero-order valence-corrected chi connectivity index (χ0v) is 7.88. The summed E-state index contributed by atoms with van der Waals surface area (Å²) in [4.78, 5) is 10.4. The van der Waals surface area contributed by atoms with E-state index in [4.69, 9.17) is 0 Å². The van der Waals surface area contributed by atoms with Crippen LogP contribution in [0.25, 0.3) is 0 Å². The van der Waals surface area contributed by atoms with Gasteiger partial charge in [0, 0.05) is 16.0 Å². The number of aryl methyl sites for hydroxylation is 1. The van der Waals surface area contributed by atoms with E-state index in [9.17, 15) is 0 Å². The highest BCUT2D eigenvalue weighted by Gasteiger charge is 1.92. The molecule has 0 aliphatic rings. The van der Waals surface area contributed by atoms with Crippen molar-refractivity contribution >= 4 is 23.5 Å². The molecule has 0 amide bonds. The summed E-state index contributed by atoms with van der Waals surface area (Å²) >= 11 is 1.70. The minimum atomic E-state index is 0.533. The van der Waals surface area contributed by atoms with Gasteiger partial charge in [-0.05, 0) is 19.1 Å². The number of thiophene rings is 1. The van der Waals surface area contributed by atoms with Crippen LogP contribution in [-0.4, -0.2) is 21.4 Å². The zero-order valence-electron chi connectivity index (χ0n) is 7.06. The number of rotatable bonds is 2. The van der Waals surface area contributed by atoms with Crippen LogP contribution in [0.15, 0.2) is 23.5 Å². The van der Waals surface area contributed by atoms with Gasteiger partial charge in [-0.25, -0.2) is 10.1 Å². The number of hydrogen-bond donors (Lipinski definition) is 1. The van der Waals surface area contributed by atoms with Crippen molar-refractivity contribution in [2.45, 2.75) is 6.92 Å². The summed E-state index contributed by atoms with van der Waals surface area (Å²) in [5, 5.41) is 6.35. The number of aliphatic imine (C=N–C) groups is 1. The summed E-state index contributed by atoms with van der Waals surface area (Å²) in [7, 11) is 0. The summed E-state index contributed by atoms with van der Waals surface area (Å²) in [6.07, 6.45) is 3.21. The van der Waals surface area contributed by atoms with E-state index in [1.807, 2.05) is 6.07 Å². The van der Waals surface area contributed by atoms with E-state index in [1.54, 1.807) is 17.6 Å². The lowest BCUT2D eigenvalue weighted by atomic mass is 10.4. The second-order valence-corrected chi connectivity index (χ2v) is 3.84. The highest BCUT2D eigenvalue weighted by molar-refractivity contribution is 7.13. The van der Waals surface area contributed by atoms with Crippen molar-refractivity contribution in [3.8, 4) is 0 Å². The normalized spacial score (nSPS) is 11.2. The van der Waals surface area contributed by atoms with Gasteiger partial charge in [-0.15, -0.1) is 11.3 Å². The van der Waals surface area contributed by atoms with Crippen LogP contribution in [0.3, 0.4) is 0 Å². The molecule has 0 fully saturated rings. The Hall–Kier alpha value is -1.49. The van der Waals surface area contributed by atoms with Gasteiger partial charge >= 0.3 is 0 Å². The first kappa shape index (κ1) is 8.12. The maximum absolute atomic E-state index is 4.11. The molecule has 0 atom stereocenters. The standard InChI is InChI=1S/C8H8N4S/c1-6-2-3-7(13-6)4-9-8-10-5-11-12-8/h2-5H,1H3,(H,10,11,12)/b9-4+. The molecule has 5 heteroatoms. The van der Waals surface area contributed by atoms with E-state index in [0.717, 1.165) is 4.88 Å². The van der Waals surface area contributed by atoms with Crippen molar-refractivity contribution < 1.29 is 0 Å². The predicted molar refractivity (Wildman–Crippen MR) is 52.7 cm³/mol. The van der Waals surface area contributed by atoms with E-state index in [1.165, 1.54) is 11.2 Å². The van der Waals surface area contributed by atoms with Crippen LogP contribution in [0.1, 0.15) is 9.75 Å². The molecule has 1 N–H and O–H groups in total. The van der Waals surface area contributed by atoms with E-state index >= 15 is 0 Å². The summed E-state index contributed by atoms with van der Waals surface area (Å²) in [6.45, 7) is 2.07. The molecular formula is C8H8N4S. The van der Waals surface area contributed by atoms with E-state index < -0.39 is 0 Å². The fraction of sp³-hybridized carbons (Fsp3) is 0.125. The Labute approximate surface area is 79.4 Å². The molecular weight excluding hydrogens is 184 g/mol. The molecule has 0 aromatic carbocycles. The Bertz CT molecular complexity index is 401. The Morgan fingerprint density at radius 1 is 1.54 bits per heavy atom. The Morgan fingerprint density at radius 3 is 3.08 bits per heavy atom. The third kappa shape index (κ3) is 2.00. The third-order valence-corrected chi connectivity index (χ3v) is 2.41. The average Bonchev–Trinajstić information content (AvgIpc) is 2.71. The van der Waals surface area contributed by atoms with Crippen LogP contribution >= 0.6 is 11.3 Å². The van der Waals surface area contributed by atoms with Gasteiger partial charge in [-0.3, -0.25) is 0 Å². The molecule has 0 bridgehead atoms. The number of hydrogen-bond acceptors (Lipinski definition) is 4.